The van der Waals surface area contributed by atoms with Gasteiger partial charge in [0.1, 0.15) is 0 Å². The lowest BCUT2D eigenvalue weighted by Crippen LogP contribution is -2.04. The maximum absolute atomic E-state index is 11.5. The Hall–Kier alpha value is -3.14. The predicted octanol–water partition coefficient (Wildman–Crippen LogP) is 5.64. The van der Waals surface area contributed by atoms with Gasteiger partial charge in [0.15, 0.2) is 18.1 Å². The number of anilines is 1. The molecule has 0 unspecified atom stereocenters. The largest absolute Gasteiger partial charge is 0.490 e. The molecular weight excluding hydrogens is 434 g/mol. The number of carbonyl (C=O) groups excluding carboxylic acids is 2. The summed E-state index contributed by atoms with van der Waals surface area (Å²) >= 11 is 0. The summed E-state index contributed by atoms with van der Waals surface area (Å²) in [6.45, 7) is 7.16. The van der Waals surface area contributed by atoms with Crippen molar-refractivity contribution >= 4 is 17.6 Å². The van der Waals surface area contributed by atoms with E-state index in [2.05, 4.69) is 28.9 Å². The lowest BCUT2D eigenvalue weighted by atomic mass is 10.1. The van der Waals surface area contributed by atoms with Crippen LogP contribution in [-0.2, 0) is 19.1 Å². The van der Waals surface area contributed by atoms with Crippen molar-refractivity contribution in [1.29, 1.82) is 0 Å². The molecule has 0 bridgehead atoms. The van der Waals surface area contributed by atoms with E-state index in [4.69, 9.17) is 14.2 Å². The minimum atomic E-state index is -0.668. The predicted molar refractivity (Wildman–Crippen MR) is 134 cm³/mol. The number of ether oxygens (including phenoxy) is 4. The number of hydrogen-bond donors (Lipinski definition) is 1. The van der Waals surface area contributed by atoms with Crippen molar-refractivity contribution in [3.63, 3.8) is 0 Å². The SMILES string of the molecule is CCCCCCCCCCOc1ccc(NC#CCOC(=O)/C=C\C(=O)OCC)cc1OCC. The van der Waals surface area contributed by atoms with Crippen LogP contribution in [0.15, 0.2) is 30.4 Å². The van der Waals surface area contributed by atoms with Crippen LogP contribution in [0.25, 0.3) is 0 Å². The van der Waals surface area contributed by atoms with Gasteiger partial charge in [-0.3, -0.25) is 0 Å². The van der Waals surface area contributed by atoms with E-state index < -0.39 is 11.9 Å². The van der Waals surface area contributed by atoms with E-state index in [9.17, 15) is 9.59 Å². The molecular formula is C27H39NO6. The van der Waals surface area contributed by atoms with Crippen molar-refractivity contribution in [2.24, 2.45) is 0 Å². The molecule has 0 atom stereocenters. The summed E-state index contributed by atoms with van der Waals surface area (Å²) < 4.78 is 21.2. The highest BCUT2D eigenvalue weighted by atomic mass is 16.5. The second kappa shape index (κ2) is 19.3. The maximum atomic E-state index is 11.5. The Morgan fingerprint density at radius 2 is 1.50 bits per heavy atom. The van der Waals surface area contributed by atoms with E-state index in [1.54, 1.807) is 6.92 Å². The molecule has 1 aromatic carbocycles. The van der Waals surface area contributed by atoms with Crippen molar-refractivity contribution in [3.8, 4) is 23.5 Å². The molecule has 0 spiro atoms. The molecule has 7 heteroatoms. The van der Waals surface area contributed by atoms with Gasteiger partial charge in [0.25, 0.3) is 0 Å². The summed E-state index contributed by atoms with van der Waals surface area (Å²) in [6.07, 6.45) is 12.1. The van der Waals surface area contributed by atoms with Gasteiger partial charge in [-0.15, -0.1) is 0 Å². The first-order valence-corrected chi connectivity index (χ1v) is 12.3. The fourth-order valence-electron chi connectivity index (χ4n) is 3.03. The monoisotopic (exact) mass is 473 g/mol. The Balaban J connectivity index is 2.39. The van der Waals surface area contributed by atoms with Crippen molar-refractivity contribution in [1.82, 2.24) is 0 Å². The standard InChI is InChI=1S/C27H39NO6/c1-4-7-8-9-10-11-12-13-20-33-24-16-15-23(22-25(24)31-5-2)28-19-14-21-34-27(30)18-17-26(29)32-6-3/h15-18,22,28H,4-13,20-21H2,1-3H3/b18-17-. The minimum Gasteiger partial charge on any atom is -0.490 e. The molecule has 0 aromatic heterocycles. The highest BCUT2D eigenvalue weighted by Gasteiger charge is 2.06. The van der Waals surface area contributed by atoms with E-state index in [0.717, 1.165) is 24.3 Å². The average molecular weight is 474 g/mol. The van der Waals surface area contributed by atoms with Gasteiger partial charge in [-0.1, -0.05) is 51.9 Å². The molecule has 1 N–H and O–H groups in total. The smallest absolute Gasteiger partial charge is 0.331 e. The zero-order valence-electron chi connectivity index (χ0n) is 20.8. The molecule has 1 rings (SSSR count). The third-order valence-electron chi connectivity index (χ3n) is 4.72. The van der Waals surface area contributed by atoms with E-state index in [0.29, 0.717) is 24.7 Å². The van der Waals surface area contributed by atoms with Crippen molar-refractivity contribution < 1.29 is 28.5 Å². The van der Waals surface area contributed by atoms with Crippen molar-refractivity contribution in [2.75, 3.05) is 31.7 Å². The number of nitrogens with one attached hydrogen (secondary N) is 1. The van der Waals surface area contributed by atoms with Crippen LogP contribution >= 0.6 is 0 Å². The Kier molecular flexibility index (Phi) is 16.4. The van der Waals surface area contributed by atoms with E-state index in [-0.39, 0.29) is 13.2 Å². The van der Waals surface area contributed by atoms with Crippen molar-refractivity contribution in [2.45, 2.75) is 72.1 Å². The number of rotatable bonds is 17. The third kappa shape index (κ3) is 14.1. The molecule has 0 radical (unpaired) electrons. The summed E-state index contributed by atoms with van der Waals surface area (Å²) in [6, 6.07) is 8.27. The van der Waals surface area contributed by atoms with Gasteiger partial charge in [0.05, 0.1) is 19.8 Å². The Bertz CT molecular complexity index is 809. The van der Waals surface area contributed by atoms with E-state index in [1.807, 2.05) is 25.1 Å². The van der Waals surface area contributed by atoms with E-state index >= 15 is 0 Å². The quantitative estimate of drug-likeness (QED) is 0.103. The van der Waals surface area contributed by atoms with Crippen LogP contribution in [0.4, 0.5) is 5.69 Å². The lowest BCUT2D eigenvalue weighted by molar-refractivity contribution is -0.139. The van der Waals surface area contributed by atoms with Crippen LogP contribution in [0.5, 0.6) is 11.5 Å². The molecule has 0 saturated carbocycles. The summed E-state index contributed by atoms with van der Waals surface area (Å²) in [5.41, 5.74) is 0.740. The van der Waals surface area contributed by atoms with Gasteiger partial charge >= 0.3 is 11.9 Å². The van der Waals surface area contributed by atoms with Crippen LogP contribution in [0.3, 0.4) is 0 Å². The number of hydrogen-bond acceptors (Lipinski definition) is 7. The van der Waals surface area contributed by atoms with Gasteiger partial charge < -0.3 is 24.3 Å². The molecule has 1 aromatic rings. The first-order chi connectivity index (χ1) is 16.6. The van der Waals surface area contributed by atoms with Crippen LogP contribution < -0.4 is 14.8 Å². The maximum Gasteiger partial charge on any atom is 0.331 e. The number of benzene rings is 1. The van der Waals surface area contributed by atoms with Gasteiger partial charge in [-0.25, -0.2) is 9.59 Å². The fraction of sp³-hybridized carbons (Fsp3) is 0.556. The first kappa shape index (κ1) is 28.9. The highest BCUT2D eigenvalue weighted by Crippen LogP contribution is 2.30. The van der Waals surface area contributed by atoms with Crippen LogP contribution in [0.1, 0.15) is 72.1 Å². The topological polar surface area (TPSA) is 83.1 Å². The Morgan fingerprint density at radius 1 is 0.824 bits per heavy atom. The molecule has 0 aliphatic heterocycles. The molecule has 188 valence electrons. The summed E-state index contributed by atoms with van der Waals surface area (Å²) in [5, 5.41) is 2.94. The Morgan fingerprint density at radius 3 is 2.18 bits per heavy atom. The molecule has 0 amide bonds. The van der Waals surface area contributed by atoms with Gasteiger partial charge in [0, 0.05) is 30.0 Å². The van der Waals surface area contributed by atoms with Crippen LogP contribution in [-0.4, -0.2) is 38.4 Å². The Labute approximate surface area is 204 Å². The second-order valence-corrected chi connectivity index (χ2v) is 7.54. The molecule has 0 saturated heterocycles. The molecule has 7 nitrogen and oxygen atoms in total. The normalized spacial score (nSPS) is 10.3. The number of carbonyl (C=O) groups is 2. The summed E-state index contributed by atoms with van der Waals surface area (Å²) in [7, 11) is 0. The molecule has 0 heterocycles. The van der Waals surface area contributed by atoms with Crippen LogP contribution in [0, 0.1) is 12.0 Å². The van der Waals surface area contributed by atoms with Gasteiger partial charge in [-0.2, -0.15) is 0 Å². The summed E-state index contributed by atoms with van der Waals surface area (Å²) in [5.74, 6) is 2.79. The minimum absolute atomic E-state index is 0.114. The molecule has 0 aliphatic carbocycles. The van der Waals surface area contributed by atoms with Crippen molar-refractivity contribution in [3.05, 3.63) is 30.4 Å². The third-order valence-corrected chi connectivity index (χ3v) is 4.72. The second-order valence-electron chi connectivity index (χ2n) is 7.54. The van der Waals surface area contributed by atoms with Crippen LogP contribution in [0.2, 0.25) is 0 Å². The van der Waals surface area contributed by atoms with Gasteiger partial charge in [-0.05, 0) is 38.3 Å². The lowest BCUT2D eigenvalue weighted by Gasteiger charge is -2.13. The average Bonchev–Trinajstić information content (AvgIpc) is 2.83. The molecule has 0 fully saturated rings. The summed E-state index contributed by atoms with van der Waals surface area (Å²) in [4.78, 5) is 22.6. The zero-order chi connectivity index (χ0) is 24.9. The molecule has 34 heavy (non-hydrogen) atoms. The fourth-order valence-corrected chi connectivity index (χ4v) is 3.03. The number of esters is 2. The zero-order valence-corrected chi connectivity index (χ0v) is 20.8. The number of unbranched alkanes of at least 4 members (excludes halogenated alkanes) is 7. The highest BCUT2D eigenvalue weighted by molar-refractivity contribution is 5.91. The first-order valence-electron chi connectivity index (χ1n) is 12.3. The molecule has 0 aliphatic rings. The van der Waals surface area contributed by atoms with Gasteiger partial charge in [0.2, 0.25) is 0 Å². The van der Waals surface area contributed by atoms with E-state index in [1.165, 1.54) is 44.9 Å².